The fraction of sp³-hybridized carbons (Fsp3) is 0.0435. The van der Waals surface area contributed by atoms with Crippen molar-refractivity contribution >= 4 is 16.5 Å². The summed E-state index contributed by atoms with van der Waals surface area (Å²) in [6.45, 7) is 1.97. The maximum atomic E-state index is 9.05. The second kappa shape index (κ2) is 6.34. The fourth-order valence-electron chi connectivity index (χ4n) is 3.26. The summed E-state index contributed by atoms with van der Waals surface area (Å²) in [7, 11) is 0. The van der Waals surface area contributed by atoms with E-state index in [2.05, 4.69) is 29.3 Å². The number of nitrogen functional groups attached to an aromatic ring is 1. The first kappa shape index (κ1) is 15.9. The van der Waals surface area contributed by atoms with Crippen molar-refractivity contribution in [3.8, 4) is 28.3 Å². The van der Waals surface area contributed by atoms with Gasteiger partial charge >= 0.3 is 0 Å². The minimum absolute atomic E-state index is 0.644. The molecular weight excluding hydrogens is 318 g/mol. The highest BCUT2D eigenvalue weighted by Gasteiger charge is 2.13. The highest BCUT2D eigenvalue weighted by molar-refractivity contribution is 6.08. The van der Waals surface area contributed by atoms with Crippen LogP contribution >= 0.6 is 0 Å². The third-order valence-corrected chi connectivity index (χ3v) is 4.61. The zero-order chi connectivity index (χ0) is 18.1. The SMILES string of the molecule is Cc1cc2c(N)c(-c3ccccc3)cc(-c3ccc(C#N)cc3)c2cn1. The monoisotopic (exact) mass is 335 g/mol. The molecule has 26 heavy (non-hydrogen) atoms. The predicted molar refractivity (Wildman–Crippen MR) is 106 cm³/mol. The molecule has 124 valence electrons. The van der Waals surface area contributed by atoms with Gasteiger partial charge in [-0.3, -0.25) is 4.98 Å². The molecule has 4 aromatic rings. The van der Waals surface area contributed by atoms with Crippen molar-refractivity contribution in [3.63, 3.8) is 0 Å². The van der Waals surface area contributed by atoms with Crippen LogP contribution in [-0.4, -0.2) is 4.98 Å². The number of nitriles is 1. The number of nitrogens with zero attached hydrogens (tertiary/aromatic N) is 2. The van der Waals surface area contributed by atoms with E-state index in [0.717, 1.165) is 44.4 Å². The molecule has 0 atom stereocenters. The Morgan fingerprint density at radius 1 is 0.846 bits per heavy atom. The molecule has 3 heteroatoms. The number of fused-ring (bicyclic) bond motifs is 1. The second-order valence-electron chi connectivity index (χ2n) is 6.31. The molecule has 1 heterocycles. The number of pyridine rings is 1. The van der Waals surface area contributed by atoms with Gasteiger partial charge in [-0.05, 0) is 47.9 Å². The average Bonchev–Trinajstić information content (AvgIpc) is 2.69. The average molecular weight is 335 g/mol. The third-order valence-electron chi connectivity index (χ3n) is 4.61. The van der Waals surface area contributed by atoms with Crippen molar-refractivity contribution in [3.05, 3.63) is 84.2 Å². The number of benzene rings is 3. The van der Waals surface area contributed by atoms with Gasteiger partial charge in [0.05, 0.1) is 11.6 Å². The number of aryl methyl sites for hydroxylation is 1. The van der Waals surface area contributed by atoms with E-state index in [1.165, 1.54) is 0 Å². The molecule has 0 saturated heterocycles. The summed E-state index contributed by atoms with van der Waals surface area (Å²) < 4.78 is 0. The van der Waals surface area contributed by atoms with Crippen molar-refractivity contribution in [2.75, 3.05) is 5.73 Å². The van der Waals surface area contributed by atoms with Crippen molar-refractivity contribution in [1.82, 2.24) is 4.98 Å². The molecule has 0 amide bonds. The topological polar surface area (TPSA) is 62.7 Å². The molecule has 1 aromatic heterocycles. The maximum absolute atomic E-state index is 9.05. The van der Waals surface area contributed by atoms with E-state index in [-0.39, 0.29) is 0 Å². The van der Waals surface area contributed by atoms with Crippen LogP contribution in [0.1, 0.15) is 11.3 Å². The van der Waals surface area contributed by atoms with Crippen LogP contribution in [-0.2, 0) is 0 Å². The lowest BCUT2D eigenvalue weighted by Gasteiger charge is -2.15. The van der Waals surface area contributed by atoms with Gasteiger partial charge in [0.15, 0.2) is 0 Å². The first-order valence-electron chi connectivity index (χ1n) is 8.42. The zero-order valence-electron chi connectivity index (χ0n) is 14.4. The van der Waals surface area contributed by atoms with Crippen molar-refractivity contribution in [2.45, 2.75) is 6.92 Å². The number of hydrogen-bond acceptors (Lipinski definition) is 3. The van der Waals surface area contributed by atoms with Crippen LogP contribution in [0.2, 0.25) is 0 Å². The van der Waals surface area contributed by atoms with Crippen LogP contribution in [0, 0.1) is 18.3 Å². The van der Waals surface area contributed by atoms with E-state index in [9.17, 15) is 0 Å². The van der Waals surface area contributed by atoms with Gasteiger partial charge in [0.1, 0.15) is 0 Å². The van der Waals surface area contributed by atoms with Crippen LogP contribution < -0.4 is 5.73 Å². The molecular formula is C23H17N3. The molecule has 0 saturated carbocycles. The van der Waals surface area contributed by atoms with Crippen LogP contribution in [0.3, 0.4) is 0 Å². The molecule has 0 unspecified atom stereocenters. The van der Waals surface area contributed by atoms with Gasteiger partial charge in [-0.15, -0.1) is 0 Å². The number of anilines is 1. The summed E-state index contributed by atoms with van der Waals surface area (Å²) in [4.78, 5) is 4.46. The minimum atomic E-state index is 0.644. The summed E-state index contributed by atoms with van der Waals surface area (Å²) in [5, 5.41) is 11.1. The Bertz CT molecular complexity index is 1140. The van der Waals surface area contributed by atoms with Gasteiger partial charge in [-0.1, -0.05) is 42.5 Å². The second-order valence-corrected chi connectivity index (χ2v) is 6.31. The number of rotatable bonds is 2. The van der Waals surface area contributed by atoms with Crippen LogP contribution in [0.5, 0.6) is 0 Å². The maximum Gasteiger partial charge on any atom is 0.0991 e. The molecule has 0 fully saturated rings. The van der Waals surface area contributed by atoms with E-state index in [1.54, 1.807) is 0 Å². The van der Waals surface area contributed by atoms with E-state index in [0.29, 0.717) is 5.56 Å². The Kier molecular flexibility index (Phi) is 3.87. The van der Waals surface area contributed by atoms with Gasteiger partial charge in [0, 0.05) is 33.9 Å². The molecule has 0 bridgehead atoms. The third kappa shape index (κ3) is 2.68. The van der Waals surface area contributed by atoms with Crippen LogP contribution in [0.15, 0.2) is 72.9 Å². The lowest BCUT2D eigenvalue weighted by molar-refractivity contribution is 1.22. The summed E-state index contributed by atoms with van der Waals surface area (Å²) >= 11 is 0. The van der Waals surface area contributed by atoms with E-state index < -0.39 is 0 Å². The molecule has 0 radical (unpaired) electrons. The van der Waals surface area contributed by atoms with Crippen molar-refractivity contribution in [1.29, 1.82) is 5.26 Å². The first-order chi connectivity index (χ1) is 12.7. The molecule has 4 rings (SSSR count). The molecule has 0 spiro atoms. The standard InChI is InChI=1S/C23H17N3/c1-15-11-21-22(14-26-15)19(18-9-7-16(13-24)8-10-18)12-20(23(21)25)17-5-3-2-4-6-17/h2-12,14H,25H2,1H3. The molecule has 0 aliphatic rings. The van der Waals surface area contributed by atoms with Gasteiger partial charge in [0.2, 0.25) is 0 Å². The van der Waals surface area contributed by atoms with E-state index >= 15 is 0 Å². The predicted octanol–water partition coefficient (Wildman–Crippen LogP) is 5.33. The van der Waals surface area contributed by atoms with Gasteiger partial charge in [-0.25, -0.2) is 0 Å². The van der Waals surface area contributed by atoms with Crippen molar-refractivity contribution in [2.24, 2.45) is 0 Å². The molecule has 3 nitrogen and oxygen atoms in total. The summed E-state index contributed by atoms with van der Waals surface area (Å²) in [5.41, 5.74) is 13.1. The van der Waals surface area contributed by atoms with Crippen molar-refractivity contribution < 1.29 is 0 Å². The number of nitrogens with two attached hydrogens (primary N) is 1. The zero-order valence-corrected chi connectivity index (χ0v) is 14.4. The lowest BCUT2D eigenvalue weighted by Crippen LogP contribution is -1.96. The minimum Gasteiger partial charge on any atom is -0.398 e. The van der Waals surface area contributed by atoms with Gasteiger partial charge in [0.25, 0.3) is 0 Å². The van der Waals surface area contributed by atoms with E-state index in [1.807, 2.05) is 61.7 Å². The Morgan fingerprint density at radius 2 is 1.54 bits per heavy atom. The molecule has 2 N–H and O–H groups in total. The quantitative estimate of drug-likeness (QED) is 0.503. The normalized spacial score (nSPS) is 10.6. The smallest absolute Gasteiger partial charge is 0.0991 e. The van der Waals surface area contributed by atoms with Gasteiger partial charge < -0.3 is 5.73 Å². The molecule has 3 aromatic carbocycles. The Labute approximate surface area is 152 Å². The highest BCUT2D eigenvalue weighted by Crippen LogP contribution is 2.39. The van der Waals surface area contributed by atoms with Gasteiger partial charge in [-0.2, -0.15) is 5.26 Å². The largest absolute Gasteiger partial charge is 0.398 e. The fourth-order valence-corrected chi connectivity index (χ4v) is 3.26. The summed E-state index contributed by atoms with van der Waals surface area (Å²) in [5.74, 6) is 0. The molecule has 0 aliphatic heterocycles. The Hall–Kier alpha value is -3.64. The first-order valence-corrected chi connectivity index (χ1v) is 8.42. The van der Waals surface area contributed by atoms with Crippen LogP contribution in [0.25, 0.3) is 33.0 Å². The number of hydrogen-bond donors (Lipinski definition) is 1. The summed E-state index contributed by atoms with van der Waals surface area (Å²) in [6.07, 6.45) is 1.88. The Morgan fingerprint density at radius 3 is 2.23 bits per heavy atom. The lowest BCUT2D eigenvalue weighted by atomic mass is 9.91. The van der Waals surface area contributed by atoms with Crippen LogP contribution in [0.4, 0.5) is 5.69 Å². The van der Waals surface area contributed by atoms with E-state index in [4.69, 9.17) is 11.0 Å². The Balaban J connectivity index is 2.05. The number of aromatic nitrogens is 1. The molecule has 0 aliphatic carbocycles. The highest BCUT2D eigenvalue weighted by atomic mass is 14.7. The summed E-state index contributed by atoms with van der Waals surface area (Å²) in [6, 6.07) is 24.1.